The molecule has 0 aliphatic heterocycles. The van der Waals surface area contributed by atoms with Gasteiger partial charge in [0.2, 0.25) is 0 Å². The van der Waals surface area contributed by atoms with Crippen LogP contribution in [0.25, 0.3) is 32.3 Å². The third-order valence-electron chi connectivity index (χ3n) is 5.54. The predicted molar refractivity (Wildman–Crippen MR) is 122 cm³/mol. The molecular weight excluding hydrogens is 378 g/mol. The van der Waals surface area contributed by atoms with E-state index in [0.29, 0.717) is 10.5 Å². The number of nitrogens with zero attached hydrogens (tertiary/aromatic N) is 1. The molecule has 0 spiro atoms. The van der Waals surface area contributed by atoms with Gasteiger partial charge in [0.05, 0.1) is 4.90 Å². The summed E-state index contributed by atoms with van der Waals surface area (Å²) < 4.78 is 21.1. The molecule has 0 radical (unpaired) electrons. The van der Waals surface area contributed by atoms with E-state index < -0.39 is 11.1 Å². The van der Waals surface area contributed by atoms with E-state index in [0.717, 1.165) is 12.0 Å². The zero-order valence-corrected chi connectivity index (χ0v) is 16.7. The summed E-state index contributed by atoms with van der Waals surface area (Å²) in [6, 6.07) is 25.2. The van der Waals surface area contributed by atoms with E-state index in [9.17, 15) is 8.76 Å². The van der Waals surface area contributed by atoms with Gasteiger partial charge in [-0.25, -0.2) is 4.21 Å². The van der Waals surface area contributed by atoms with Gasteiger partial charge in [-0.15, -0.1) is 0 Å². The van der Waals surface area contributed by atoms with Crippen molar-refractivity contribution in [1.82, 2.24) is 0 Å². The SMILES string of the molecule is CN=Cc1cc(Cc2ccc3ccc4cccc5ccc2c3c45)ccc1S(=O)O. The second kappa shape index (κ2) is 7.07. The molecule has 0 fully saturated rings. The van der Waals surface area contributed by atoms with Crippen molar-refractivity contribution in [2.24, 2.45) is 4.99 Å². The highest BCUT2D eigenvalue weighted by Gasteiger charge is 2.12. The predicted octanol–water partition coefficient (Wildman–Crippen LogP) is 5.80. The van der Waals surface area contributed by atoms with E-state index in [1.54, 1.807) is 19.3 Å². The van der Waals surface area contributed by atoms with Gasteiger partial charge < -0.3 is 4.55 Å². The van der Waals surface area contributed by atoms with Crippen LogP contribution < -0.4 is 0 Å². The summed E-state index contributed by atoms with van der Waals surface area (Å²) in [6.45, 7) is 0. The maximum Gasteiger partial charge on any atom is 0.187 e. The lowest BCUT2D eigenvalue weighted by Gasteiger charge is -2.14. The van der Waals surface area contributed by atoms with Crippen molar-refractivity contribution in [1.29, 1.82) is 0 Å². The topological polar surface area (TPSA) is 49.7 Å². The second-order valence-electron chi connectivity index (χ2n) is 7.27. The molecular formula is C25H19NO2S. The van der Waals surface area contributed by atoms with Gasteiger partial charge in [-0.1, -0.05) is 60.7 Å². The average Bonchev–Trinajstić information content (AvgIpc) is 2.73. The molecule has 0 aliphatic carbocycles. The minimum Gasteiger partial charge on any atom is -0.302 e. The molecule has 1 N–H and O–H groups in total. The highest BCUT2D eigenvalue weighted by atomic mass is 32.2. The Morgan fingerprint density at radius 3 is 2.31 bits per heavy atom. The number of hydrogen-bond donors (Lipinski definition) is 1. The Morgan fingerprint density at radius 1 is 0.897 bits per heavy atom. The second-order valence-corrected chi connectivity index (χ2v) is 8.20. The number of rotatable bonds is 4. The standard InChI is InChI=1S/C25H19NO2S/c1-26-15-21-14-16(5-12-23(21)29(27)28)13-20-9-8-19-7-6-17-3-2-4-18-10-11-22(20)25(19)24(17)18/h2-12,14-15H,13H2,1H3,(H,27,28). The summed E-state index contributed by atoms with van der Waals surface area (Å²) in [4.78, 5) is 4.42. The molecule has 5 rings (SSSR count). The Labute approximate surface area is 171 Å². The van der Waals surface area contributed by atoms with Crippen molar-refractivity contribution in [2.75, 3.05) is 7.05 Å². The van der Waals surface area contributed by atoms with Gasteiger partial charge in [-0.05, 0) is 62.0 Å². The minimum absolute atomic E-state index is 0.384. The van der Waals surface area contributed by atoms with Gasteiger partial charge in [-0.3, -0.25) is 4.99 Å². The molecule has 0 saturated carbocycles. The van der Waals surface area contributed by atoms with Crippen LogP contribution in [0.3, 0.4) is 0 Å². The first kappa shape index (κ1) is 18.0. The number of hydrogen-bond acceptors (Lipinski definition) is 2. The first-order valence-corrected chi connectivity index (χ1v) is 10.6. The average molecular weight is 397 g/mol. The Kier molecular flexibility index (Phi) is 4.38. The van der Waals surface area contributed by atoms with Crippen LogP contribution in [0.1, 0.15) is 16.7 Å². The summed E-state index contributed by atoms with van der Waals surface area (Å²) in [6.07, 6.45) is 2.38. The van der Waals surface area contributed by atoms with Gasteiger partial charge >= 0.3 is 0 Å². The molecule has 0 amide bonds. The van der Waals surface area contributed by atoms with Crippen LogP contribution in [-0.2, 0) is 17.5 Å². The summed E-state index contributed by atoms with van der Waals surface area (Å²) in [5, 5.41) is 7.64. The van der Waals surface area contributed by atoms with Gasteiger partial charge in [0.25, 0.3) is 0 Å². The van der Waals surface area contributed by atoms with Crippen molar-refractivity contribution in [3.8, 4) is 0 Å². The first-order valence-electron chi connectivity index (χ1n) is 9.47. The quantitative estimate of drug-likeness (QED) is 0.237. The van der Waals surface area contributed by atoms with E-state index in [1.165, 1.54) is 37.9 Å². The van der Waals surface area contributed by atoms with Crippen LogP contribution >= 0.6 is 0 Å². The lowest BCUT2D eigenvalue weighted by molar-refractivity contribution is 0.564. The normalized spacial score (nSPS) is 13.2. The molecule has 29 heavy (non-hydrogen) atoms. The van der Waals surface area contributed by atoms with E-state index in [4.69, 9.17) is 0 Å². The molecule has 1 unspecified atom stereocenters. The fraction of sp³-hybridized carbons (Fsp3) is 0.0800. The molecule has 1 atom stereocenters. The fourth-order valence-corrected chi connectivity index (χ4v) is 4.77. The minimum atomic E-state index is -2.03. The zero-order chi connectivity index (χ0) is 20.0. The summed E-state index contributed by atoms with van der Waals surface area (Å²) >= 11 is -2.03. The highest BCUT2D eigenvalue weighted by molar-refractivity contribution is 7.79. The van der Waals surface area contributed by atoms with Crippen molar-refractivity contribution in [3.05, 3.63) is 89.5 Å². The molecule has 0 aromatic heterocycles. The fourth-order valence-electron chi connectivity index (χ4n) is 4.28. The molecule has 0 heterocycles. The molecule has 4 heteroatoms. The van der Waals surface area contributed by atoms with E-state index in [2.05, 4.69) is 59.6 Å². The molecule has 0 aliphatic rings. The van der Waals surface area contributed by atoms with Crippen LogP contribution in [-0.4, -0.2) is 22.0 Å². The van der Waals surface area contributed by atoms with E-state index in [-0.39, 0.29) is 0 Å². The molecule has 142 valence electrons. The summed E-state index contributed by atoms with van der Waals surface area (Å²) in [7, 11) is 1.66. The van der Waals surface area contributed by atoms with Crippen molar-refractivity contribution >= 4 is 49.6 Å². The third kappa shape index (κ3) is 3.01. The van der Waals surface area contributed by atoms with E-state index >= 15 is 0 Å². The number of benzene rings is 5. The summed E-state index contributed by atoms with van der Waals surface area (Å²) in [5.74, 6) is 0. The first-order chi connectivity index (χ1) is 14.2. The lowest BCUT2D eigenvalue weighted by atomic mass is 9.90. The van der Waals surface area contributed by atoms with Crippen LogP contribution in [0.15, 0.2) is 82.7 Å². The third-order valence-corrected chi connectivity index (χ3v) is 6.29. The number of aliphatic imine (C=N–C) groups is 1. The molecule has 0 saturated heterocycles. The Bertz CT molecular complexity index is 1410. The molecule has 5 aromatic carbocycles. The van der Waals surface area contributed by atoms with Crippen molar-refractivity contribution in [2.45, 2.75) is 11.3 Å². The molecule has 0 bridgehead atoms. The molecule has 5 aromatic rings. The Balaban J connectivity index is 1.68. The van der Waals surface area contributed by atoms with Crippen LogP contribution in [0.4, 0.5) is 0 Å². The smallest absolute Gasteiger partial charge is 0.187 e. The van der Waals surface area contributed by atoms with Gasteiger partial charge in [0.1, 0.15) is 0 Å². The summed E-state index contributed by atoms with van der Waals surface area (Å²) in [5.41, 5.74) is 3.01. The van der Waals surface area contributed by atoms with Gasteiger partial charge in [0.15, 0.2) is 11.1 Å². The van der Waals surface area contributed by atoms with Gasteiger partial charge in [0, 0.05) is 18.8 Å². The Hall–Kier alpha value is -3.08. The zero-order valence-electron chi connectivity index (χ0n) is 15.9. The van der Waals surface area contributed by atoms with Crippen LogP contribution in [0.5, 0.6) is 0 Å². The van der Waals surface area contributed by atoms with E-state index in [1.807, 2.05) is 12.1 Å². The van der Waals surface area contributed by atoms with Crippen LogP contribution in [0.2, 0.25) is 0 Å². The highest BCUT2D eigenvalue weighted by Crippen LogP contribution is 2.36. The Morgan fingerprint density at radius 2 is 1.59 bits per heavy atom. The maximum absolute atomic E-state index is 11.6. The molecule has 3 nitrogen and oxygen atoms in total. The lowest BCUT2D eigenvalue weighted by Crippen LogP contribution is -1.99. The van der Waals surface area contributed by atoms with Crippen molar-refractivity contribution < 1.29 is 8.76 Å². The van der Waals surface area contributed by atoms with Crippen molar-refractivity contribution in [3.63, 3.8) is 0 Å². The van der Waals surface area contributed by atoms with Crippen LogP contribution in [0, 0.1) is 0 Å². The maximum atomic E-state index is 11.6. The largest absolute Gasteiger partial charge is 0.302 e. The van der Waals surface area contributed by atoms with Gasteiger partial charge in [-0.2, -0.15) is 0 Å². The monoisotopic (exact) mass is 397 g/mol.